The van der Waals surface area contributed by atoms with Crippen molar-refractivity contribution in [1.29, 1.82) is 0 Å². The summed E-state index contributed by atoms with van der Waals surface area (Å²) in [5, 5.41) is 3.32. The Balaban J connectivity index is 1.80. The van der Waals surface area contributed by atoms with Crippen LogP contribution in [-0.2, 0) is 0 Å². The minimum Gasteiger partial charge on any atom is -0.354 e. The van der Waals surface area contributed by atoms with Gasteiger partial charge in [0.15, 0.2) is 0 Å². The molecule has 110 valence electrons. The fourth-order valence-corrected chi connectivity index (χ4v) is 3.71. The highest BCUT2D eigenvalue weighted by atomic mass is 15.3. The highest BCUT2D eigenvalue weighted by molar-refractivity contribution is 5.47. The fraction of sp³-hybridized carbons (Fsp3) is 0.750. The molecule has 1 aromatic heterocycles. The van der Waals surface area contributed by atoms with E-state index < -0.39 is 0 Å². The fourth-order valence-electron chi connectivity index (χ4n) is 3.71. The van der Waals surface area contributed by atoms with E-state index >= 15 is 0 Å². The molecule has 2 unspecified atom stereocenters. The Morgan fingerprint density at radius 2 is 2.10 bits per heavy atom. The molecular weight excluding hydrogens is 248 g/mol. The highest BCUT2D eigenvalue weighted by Gasteiger charge is 2.36. The number of aromatic nitrogens is 2. The second-order valence-corrected chi connectivity index (χ2v) is 6.21. The zero-order valence-electron chi connectivity index (χ0n) is 12.7. The van der Waals surface area contributed by atoms with Crippen molar-refractivity contribution >= 4 is 11.8 Å². The van der Waals surface area contributed by atoms with Crippen LogP contribution >= 0.6 is 0 Å². The van der Waals surface area contributed by atoms with Crippen molar-refractivity contribution in [2.75, 3.05) is 23.3 Å². The molecule has 0 radical (unpaired) electrons. The quantitative estimate of drug-likeness (QED) is 0.914. The molecule has 1 N–H and O–H groups in total. The summed E-state index contributed by atoms with van der Waals surface area (Å²) in [7, 11) is 0. The summed E-state index contributed by atoms with van der Waals surface area (Å²) in [6.07, 6.45) is 7.98. The maximum Gasteiger partial charge on any atom is 0.224 e. The largest absolute Gasteiger partial charge is 0.354 e. The van der Waals surface area contributed by atoms with Crippen molar-refractivity contribution in [3.05, 3.63) is 11.8 Å². The van der Waals surface area contributed by atoms with Gasteiger partial charge >= 0.3 is 0 Å². The van der Waals surface area contributed by atoms with E-state index in [1.165, 1.54) is 38.6 Å². The molecule has 1 aromatic rings. The van der Waals surface area contributed by atoms with E-state index in [2.05, 4.69) is 35.1 Å². The van der Waals surface area contributed by atoms with E-state index in [4.69, 9.17) is 4.98 Å². The summed E-state index contributed by atoms with van der Waals surface area (Å²) in [6, 6.07) is 2.87. The standard InChI is InChI=1S/C16H26N4/c1-3-9-17-16-18-12(2)11-15(19-16)20-10-8-13-6-4-5-7-14(13)20/h11,13-14H,3-10H2,1-2H3,(H,17,18,19). The predicted octanol–water partition coefficient (Wildman–Crippen LogP) is 3.38. The molecule has 2 heterocycles. The molecule has 1 aliphatic heterocycles. The lowest BCUT2D eigenvalue weighted by atomic mass is 9.85. The van der Waals surface area contributed by atoms with Crippen LogP contribution in [0.15, 0.2) is 6.07 Å². The number of nitrogens with zero attached hydrogens (tertiary/aromatic N) is 3. The molecule has 4 heteroatoms. The van der Waals surface area contributed by atoms with Crippen molar-refractivity contribution in [2.24, 2.45) is 5.92 Å². The summed E-state index contributed by atoms with van der Waals surface area (Å²) in [5.74, 6) is 2.82. The molecule has 0 aromatic carbocycles. The van der Waals surface area contributed by atoms with Gasteiger partial charge in [0.05, 0.1) is 0 Å². The Morgan fingerprint density at radius 1 is 1.25 bits per heavy atom. The third kappa shape index (κ3) is 2.74. The van der Waals surface area contributed by atoms with Gasteiger partial charge in [-0.2, -0.15) is 4.98 Å². The lowest BCUT2D eigenvalue weighted by Gasteiger charge is -2.32. The van der Waals surface area contributed by atoms with Gasteiger partial charge in [0.2, 0.25) is 5.95 Å². The Labute approximate surface area is 122 Å². The number of rotatable bonds is 4. The summed E-state index contributed by atoms with van der Waals surface area (Å²) in [6.45, 7) is 6.33. The molecule has 1 saturated carbocycles. The van der Waals surface area contributed by atoms with E-state index in [-0.39, 0.29) is 0 Å². The third-order valence-corrected chi connectivity index (χ3v) is 4.68. The lowest BCUT2D eigenvalue weighted by Crippen LogP contribution is -2.35. The Kier molecular flexibility index (Phi) is 4.08. The summed E-state index contributed by atoms with van der Waals surface area (Å²) >= 11 is 0. The van der Waals surface area contributed by atoms with Crippen LogP contribution < -0.4 is 10.2 Å². The van der Waals surface area contributed by atoms with Gasteiger partial charge in [0.25, 0.3) is 0 Å². The van der Waals surface area contributed by atoms with Gasteiger partial charge < -0.3 is 10.2 Å². The van der Waals surface area contributed by atoms with Gasteiger partial charge in [0, 0.05) is 30.9 Å². The summed E-state index contributed by atoms with van der Waals surface area (Å²) in [5.41, 5.74) is 1.06. The van der Waals surface area contributed by atoms with Crippen LogP contribution in [0.1, 0.15) is 51.1 Å². The lowest BCUT2D eigenvalue weighted by molar-refractivity contribution is 0.341. The van der Waals surface area contributed by atoms with E-state index in [0.717, 1.165) is 42.4 Å². The first-order chi connectivity index (χ1) is 9.78. The first kappa shape index (κ1) is 13.7. The van der Waals surface area contributed by atoms with E-state index in [0.29, 0.717) is 0 Å². The average molecular weight is 274 g/mol. The van der Waals surface area contributed by atoms with Crippen molar-refractivity contribution in [1.82, 2.24) is 9.97 Å². The van der Waals surface area contributed by atoms with Gasteiger partial charge in [-0.05, 0) is 38.5 Å². The normalized spacial score (nSPS) is 25.6. The van der Waals surface area contributed by atoms with Crippen LogP contribution in [0.4, 0.5) is 11.8 Å². The molecular formula is C16H26N4. The van der Waals surface area contributed by atoms with Crippen LogP contribution in [0.5, 0.6) is 0 Å². The smallest absolute Gasteiger partial charge is 0.224 e. The molecule has 1 aliphatic carbocycles. The topological polar surface area (TPSA) is 41.1 Å². The molecule has 3 rings (SSSR count). The molecule has 0 spiro atoms. The van der Waals surface area contributed by atoms with Crippen molar-refractivity contribution in [3.8, 4) is 0 Å². The Morgan fingerprint density at radius 3 is 2.95 bits per heavy atom. The molecule has 2 fully saturated rings. The molecule has 2 atom stereocenters. The molecule has 20 heavy (non-hydrogen) atoms. The van der Waals surface area contributed by atoms with E-state index in [1.54, 1.807) is 0 Å². The minimum atomic E-state index is 0.720. The monoisotopic (exact) mass is 274 g/mol. The van der Waals surface area contributed by atoms with Crippen molar-refractivity contribution < 1.29 is 0 Å². The van der Waals surface area contributed by atoms with Crippen molar-refractivity contribution in [3.63, 3.8) is 0 Å². The zero-order chi connectivity index (χ0) is 13.9. The maximum absolute atomic E-state index is 4.75. The number of anilines is 2. The summed E-state index contributed by atoms with van der Waals surface area (Å²) in [4.78, 5) is 11.8. The van der Waals surface area contributed by atoms with Crippen LogP contribution in [0, 0.1) is 12.8 Å². The van der Waals surface area contributed by atoms with E-state index in [1.807, 2.05) is 0 Å². The van der Waals surface area contributed by atoms with Crippen LogP contribution in [0.25, 0.3) is 0 Å². The summed E-state index contributed by atoms with van der Waals surface area (Å²) < 4.78 is 0. The number of hydrogen-bond donors (Lipinski definition) is 1. The number of fused-ring (bicyclic) bond motifs is 1. The van der Waals surface area contributed by atoms with Gasteiger partial charge in [-0.3, -0.25) is 0 Å². The van der Waals surface area contributed by atoms with Crippen molar-refractivity contribution in [2.45, 2.75) is 58.4 Å². The molecule has 1 saturated heterocycles. The minimum absolute atomic E-state index is 0.720. The first-order valence-corrected chi connectivity index (χ1v) is 8.14. The highest BCUT2D eigenvalue weighted by Crippen LogP contribution is 2.38. The maximum atomic E-state index is 4.75. The number of hydrogen-bond acceptors (Lipinski definition) is 4. The molecule has 0 bridgehead atoms. The van der Waals surface area contributed by atoms with E-state index in [9.17, 15) is 0 Å². The zero-order valence-corrected chi connectivity index (χ0v) is 12.7. The van der Waals surface area contributed by atoms with Crippen LogP contribution in [0.3, 0.4) is 0 Å². The number of nitrogens with one attached hydrogen (secondary N) is 1. The number of aryl methyl sites for hydroxylation is 1. The molecule has 2 aliphatic rings. The first-order valence-electron chi connectivity index (χ1n) is 8.14. The second kappa shape index (κ2) is 5.98. The van der Waals surface area contributed by atoms with Gasteiger partial charge in [-0.15, -0.1) is 0 Å². The predicted molar refractivity (Wildman–Crippen MR) is 83.3 cm³/mol. The Bertz CT molecular complexity index is 460. The average Bonchev–Trinajstić information content (AvgIpc) is 2.88. The van der Waals surface area contributed by atoms with Crippen LogP contribution in [0.2, 0.25) is 0 Å². The Hall–Kier alpha value is -1.32. The SMILES string of the molecule is CCCNc1nc(C)cc(N2CCC3CCCCC32)n1. The van der Waals surface area contributed by atoms with Gasteiger partial charge in [-0.1, -0.05) is 19.8 Å². The molecule has 4 nitrogen and oxygen atoms in total. The third-order valence-electron chi connectivity index (χ3n) is 4.68. The van der Waals surface area contributed by atoms with Gasteiger partial charge in [-0.25, -0.2) is 4.98 Å². The molecule has 0 amide bonds. The van der Waals surface area contributed by atoms with Gasteiger partial charge in [0.1, 0.15) is 5.82 Å². The second-order valence-electron chi connectivity index (χ2n) is 6.21. The van der Waals surface area contributed by atoms with Crippen LogP contribution in [-0.4, -0.2) is 29.1 Å².